The Labute approximate surface area is 106 Å². The first-order valence-electron chi connectivity index (χ1n) is 6.04. The van der Waals surface area contributed by atoms with Gasteiger partial charge in [0.1, 0.15) is 5.69 Å². The second-order valence-corrected chi connectivity index (χ2v) is 4.13. The minimum Gasteiger partial charge on any atom is -0.487 e. The summed E-state index contributed by atoms with van der Waals surface area (Å²) >= 11 is 0. The number of nitrogens with one attached hydrogen (secondary N) is 1. The van der Waals surface area contributed by atoms with Gasteiger partial charge in [-0.2, -0.15) is 0 Å². The molecule has 0 radical (unpaired) electrons. The highest BCUT2D eigenvalue weighted by molar-refractivity contribution is 5.68. The predicted molar refractivity (Wildman–Crippen MR) is 70.1 cm³/mol. The van der Waals surface area contributed by atoms with Crippen molar-refractivity contribution in [3.05, 3.63) is 40.5 Å². The summed E-state index contributed by atoms with van der Waals surface area (Å²) in [6.45, 7) is 2.22. The molecule has 0 fully saturated rings. The van der Waals surface area contributed by atoms with Gasteiger partial charge in [-0.3, -0.25) is 10.1 Å². The van der Waals surface area contributed by atoms with Crippen molar-refractivity contribution in [2.45, 2.75) is 25.8 Å². The van der Waals surface area contributed by atoms with E-state index < -0.39 is 4.92 Å². The van der Waals surface area contributed by atoms with Crippen LogP contribution in [0.4, 0.5) is 11.4 Å². The van der Waals surface area contributed by atoms with E-state index in [1.165, 1.54) is 0 Å². The molecule has 0 aromatic heterocycles. The zero-order valence-corrected chi connectivity index (χ0v) is 10.3. The van der Waals surface area contributed by atoms with Crippen LogP contribution in [0.15, 0.2) is 30.4 Å². The number of anilines is 1. The van der Waals surface area contributed by atoms with Gasteiger partial charge in [0.2, 0.25) is 0 Å². The van der Waals surface area contributed by atoms with Gasteiger partial charge in [-0.15, -0.1) is 0 Å². The Kier molecular flexibility index (Phi) is 3.82. The average molecular weight is 248 g/mol. The van der Waals surface area contributed by atoms with Crippen LogP contribution in [0.1, 0.15) is 19.8 Å². The highest BCUT2D eigenvalue weighted by atomic mass is 16.6. The minimum atomic E-state index is -0.393. The third-order valence-corrected chi connectivity index (χ3v) is 2.85. The summed E-state index contributed by atoms with van der Waals surface area (Å²) < 4.78 is 5.31. The molecule has 1 aromatic carbocycles. The second-order valence-electron chi connectivity index (χ2n) is 4.13. The minimum absolute atomic E-state index is 0.0197. The van der Waals surface area contributed by atoms with Crippen molar-refractivity contribution < 1.29 is 9.66 Å². The van der Waals surface area contributed by atoms with E-state index in [0.717, 1.165) is 12.8 Å². The summed E-state index contributed by atoms with van der Waals surface area (Å²) in [4.78, 5) is 10.8. The third kappa shape index (κ3) is 2.61. The van der Waals surface area contributed by atoms with Crippen molar-refractivity contribution in [3.63, 3.8) is 0 Å². The molecule has 0 aliphatic heterocycles. The molecular weight excluding hydrogens is 232 g/mol. The molecular formula is C13H16N2O3. The van der Waals surface area contributed by atoms with E-state index in [-0.39, 0.29) is 11.7 Å². The van der Waals surface area contributed by atoms with E-state index in [1.807, 2.05) is 6.92 Å². The van der Waals surface area contributed by atoms with E-state index in [0.29, 0.717) is 18.0 Å². The van der Waals surface area contributed by atoms with E-state index in [1.54, 1.807) is 18.2 Å². The highest BCUT2D eigenvalue weighted by Gasteiger charge is 2.22. The molecule has 5 nitrogen and oxygen atoms in total. The van der Waals surface area contributed by atoms with E-state index in [4.69, 9.17) is 4.74 Å². The zero-order chi connectivity index (χ0) is 13.0. The molecule has 0 amide bonds. The number of hydrogen-bond acceptors (Lipinski definition) is 4. The number of rotatable bonds is 5. The van der Waals surface area contributed by atoms with Crippen molar-refractivity contribution in [2.24, 2.45) is 0 Å². The summed E-state index contributed by atoms with van der Waals surface area (Å²) in [5.74, 6) is 0.318. The molecule has 1 aromatic rings. The monoisotopic (exact) mass is 248 g/mol. The van der Waals surface area contributed by atoms with Crippen molar-refractivity contribution in [2.75, 3.05) is 11.9 Å². The molecule has 0 saturated heterocycles. The van der Waals surface area contributed by atoms with Gasteiger partial charge in [-0.05, 0) is 31.9 Å². The van der Waals surface area contributed by atoms with E-state index in [2.05, 4.69) is 17.5 Å². The number of nitro benzene ring substituents is 1. The molecule has 96 valence electrons. The summed E-state index contributed by atoms with van der Waals surface area (Å²) in [6.07, 6.45) is 5.96. The zero-order valence-electron chi connectivity index (χ0n) is 10.3. The van der Waals surface area contributed by atoms with Crippen molar-refractivity contribution in [1.29, 1.82) is 0 Å². The van der Waals surface area contributed by atoms with Gasteiger partial charge in [0.05, 0.1) is 11.5 Å². The Morgan fingerprint density at radius 2 is 2.17 bits per heavy atom. The largest absolute Gasteiger partial charge is 0.487 e. The van der Waals surface area contributed by atoms with Gasteiger partial charge < -0.3 is 10.1 Å². The maximum Gasteiger partial charge on any atom is 0.333 e. The third-order valence-electron chi connectivity index (χ3n) is 2.85. The summed E-state index contributed by atoms with van der Waals surface area (Å²) in [7, 11) is 0. The molecule has 1 N–H and O–H groups in total. The fourth-order valence-electron chi connectivity index (χ4n) is 2.05. The first-order chi connectivity index (χ1) is 8.72. The quantitative estimate of drug-likeness (QED) is 0.494. The van der Waals surface area contributed by atoms with Crippen LogP contribution in [0.5, 0.6) is 5.75 Å². The number of hydrogen-bond donors (Lipinski definition) is 1. The summed E-state index contributed by atoms with van der Waals surface area (Å²) in [5.41, 5.74) is 0.547. The molecule has 1 aliphatic carbocycles. The lowest BCUT2D eigenvalue weighted by Crippen LogP contribution is -2.16. The van der Waals surface area contributed by atoms with E-state index in [9.17, 15) is 10.1 Å². The topological polar surface area (TPSA) is 64.4 Å². The average Bonchev–Trinajstić information content (AvgIpc) is 2.82. The maximum absolute atomic E-state index is 11.2. The van der Waals surface area contributed by atoms with Crippen LogP contribution in [-0.2, 0) is 0 Å². The van der Waals surface area contributed by atoms with Crippen LogP contribution in [0.25, 0.3) is 0 Å². The number of benzene rings is 1. The van der Waals surface area contributed by atoms with Crippen LogP contribution in [-0.4, -0.2) is 17.6 Å². The Morgan fingerprint density at radius 3 is 2.78 bits per heavy atom. The van der Waals surface area contributed by atoms with Crippen molar-refractivity contribution in [1.82, 2.24) is 0 Å². The Balaban J connectivity index is 2.27. The van der Waals surface area contributed by atoms with Gasteiger partial charge in [-0.25, -0.2) is 0 Å². The molecule has 0 atom stereocenters. The maximum atomic E-state index is 11.2. The van der Waals surface area contributed by atoms with Crippen LogP contribution >= 0.6 is 0 Å². The Morgan fingerprint density at radius 1 is 1.44 bits per heavy atom. The number of para-hydroxylation sites is 1. The van der Waals surface area contributed by atoms with Gasteiger partial charge in [0.15, 0.2) is 5.75 Å². The lowest BCUT2D eigenvalue weighted by Gasteiger charge is -2.15. The van der Waals surface area contributed by atoms with E-state index >= 15 is 0 Å². The van der Waals surface area contributed by atoms with Gasteiger partial charge >= 0.3 is 5.69 Å². The van der Waals surface area contributed by atoms with Crippen LogP contribution in [0.3, 0.4) is 0 Å². The fourth-order valence-corrected chi connectivity index (χ4v) is 2.05. The molecule has 0 bridgehead atoms. The lowest BCUT2D eigenvalue weighted by atomic mass is 10.2. The van der Waals surface area contributed by atoms with Crippen molar-refractivity contribution >= 4 is 11.4 Å². The van der Waals surface area contributed by atoms with Crippen LogP contribution < -0.4 is 10.1 Å². The molecule has 1 aliphatic rings. The van der Waals surface area contributed by atoms with Gasteiger partial charge in [0.25, 0.3) is 0 Å². The smallest absolute Gasteiger partial charge is 0.333 e. The van der Waals surface area contributed by atoms with Crippen LogP contribution in [0.2, 0.25) is 0 Å². The predicted octanol–water partition coefficient (Wildman–Crippen LogP) is 3.12. The summed E-state index contributed by atoms with van der Waals surface area (Å²) in [6, 6.07) is 5.35. The number of nitro groups is 1. The fraction of sp³-hybridized carbons (Fsp3) is 0.385. The summed E-state index contributed by atoms with van der Waals surface area (Å²) in [5, 5.41) is 14.4. The number of ether oxygens (including phenoxy) is 1. The molecule has 5 heteroatoms. The standard InChI is InChI=1S/C13H16N2O3/c1-2-18-12-9-5-8-11(13(12)15(16)17)14-10-6-3-4-7-10/h3-5,8-10,14H,2,6-7H2,1H3. The first kappa shape index (κ1) is 12.4. The Hall–Kier alpha value is -2.04. The van der Waals surface area contributed by atoms with Crippen LogP contribution in [0, 0.1) is 10.1 Å². The number of nitrogens with zero attached hydrogens (tertiary/aromatic N) is 1. The lowest BCUT2D eigenvalue weighted by molar-refractivity contribution is -0.385. The SMILES string of the molecule is CCOc1cccc(NC2CC=CC2)c1[N+](=O)[O-]. The Bertz CT molecular complexity index is 463. The second kappa shape index (κ2) is 5.53. The molecule has 0 heterocycles. The highest BCUT2D eigenvalue weighted by Crippen LogP contribution is 2.35. The molecule has 0 spiro atoms. The molecule has 0 saturated carbocycles. The first-order valence-corrected chi connectivity index (χ1v) is 6.04. The normalized spacial score (nSPS) is 14.7. The molecule has 2 rings (SSSR count). The molecule has 0 unspecified atom stereocenters. The van der Waals surface area contributed by atoms with Gasteiger partial charge in [-0.1, -0.05) is 18.2 Å². The van der Waals surface area contributed by atoms with Gasteiger partial charge in [0, 0.05) is 6.04 Å². The van der Waals surface area contributed by atoms with Crippen molar-refractivity contribution in [3.8, 4) is 5.75 Å². The molecule has 18 heavy (non-hydrogen) atoms.